The van der Waals surface area contributed by atoms with E-state index in [9.17, 15) is 14.7 Å². The second-order valence-corrected chi connectivity index (χ2v) is 15.3. The third kappa shape index (κ3) is 8.59. The van der Waals surface area contributed by atoms with Crippen LogP contribution in [0.1, 0.15) is 63.9 Å². The Morgan fingerprint density at radius 2 is 1.77 bits per heavy atom. The van der Waals surface area contributed by atoms with Gasteiger partial charge < -0.3 is 5.11 Å². The number of aliphatic carboxylic acids is 1. The lowest BCUT2D eigenvalue weighted by Gasteiger charge is -2.38. The van der Waals surface area contributed by atoms with E-state index in [0.29, 0.717) is 30.5 Å². The maximum absolute atomic E-state index is 12.6. The van der Waals surface area contributed by atoms with Gasteiger partial charge in [0.15, 0.2) is 0 Å². The Bertz CT molecular complexity index is 718. The van der Waals surface area contributed by atoms with Crippen molar-refractivity contribution in [2.45, 2.75) is 84.4 Å². The number of aryl methyl sites for hydroxylation is 1. The quantitative estimate of drug-likeness (QED) is 0.315. The molecule has 3 nitrogen and oxygen atoms in total. The first kappa shape index (κ1) is 24.6. The summed E-state index contributed by atoms with van der Waals surface area (Å²) in [5.41, 5.74) is 5.13. The Morgan fingerprint density at radius 1 is 1.07 bits per heavy atom. The van der Waals surface area contributed by atoms with Gasteiger partial charge in [0.05, 0.1) is 14.5 Å². The summed E-state index contributed by atoms with van der Waals surface area (Å²) in [6.45, 7) is 9.22. The van der Waals surface area contributed by atoms with Crippen molar-refractivity contribution in [3.05, 3.63) is 47.2 Å². The first-order chi connectivity index (χ1) is 14.2. The van der Waals surface area contributed by atoms with Crippen molar-refractivity contribution >= 4 is 19.8 Å². The third-order valence-electron chi connectivity index (χ3n) is 6.33. The van der Waals surface area contributed by atoms with E-state index in [0.717, 1.165) is 38.5 Å². The summed E-state index contributed by atoms with van der Waals surface area (Å²) in [4.78, 5) is 24.0. The smallest absolute Gasteiger partial charge is 0.303 e. The first-order valence-electron chi connectivity index (χ1n) is 11.7. The Kier molecular flexibility index (Phi) is 9.54. The second kappa shape index (κ2) is 11.6. The summed E-state index contributed by atoms with van der Waals surface area (Å²) in [5, 5.41) is 9.38. The van der Waals surface area contributed by atoms with Crippen LogP contribution in [0.5, 0.6) is 0 Å². The summed E-state index contributed by atoms with van der Waals surface area (Å²) in [7, 11) is -1.46. The highest BCUT2D eigenvalue weighted by molar-refractivity contribution is 6.81. The van der Waals surface area contributed by atoms with Crippen molar-refractivity contribution in [3.63, 3.8) is 0 Å². The molecule has 2 rings (SSSR count). The number of carboxylic acid groups (broad SMARTS) is 1. The van der Waals surface area contributed by atoms with Crippen molar-refractivity contribution in [3.8, 4) is 0 Å². The molecule has 0 heterocycles. The number of carbonyl (C=O) groups is 2. The lowest BCUT2D eigenvalue weighted by Crippen LogP contribution is -2.31. The van der Waals surface area contributed by atoms with Crippen LogP contribution in [-0.2, 0) is 16.0 Å². The van der Waals surface area contributed by atoms with Gasteiger partial charge in [-0.3, -0.25) is 9.59 Å². The molecule has 166 valence electrons. The fraction of sp³-hybridized carbons (Fsp3) is 0.615. The molecule has 0 spiro atoms. The van der Waals surface area contributed by atoms with Crippen LogP contribution in [0.25, 0.3) is 0 Å². The molecule has 3 atom stereocenters. The molecule has 0 aromatic heterocycles. The van der Waals surface area contributed by atoms with Crippen LogP contribution in [0, 0.1) is 17.8 Å². The number of rotatable bonds is 11. The summed E-state index contributed by atoms with van der Waals surface area (Å²) in [5.74, 6) is 0.704. The summed E-state index contributed by atoms with van der Waals surface area (Å²) in [6, 6.07) is 10.5. The molecule has 1 N–H and O–H groups in total. The normalized spacial score (nSPS) is 23.5. The monoisotopic (exact) mass is 428 g/mol. The fourth-order valence-electron chi connectivity index (χ4n) is 4.81. The van der Waals surface area contributed by atoms with Gasteiger partial charge in [0.25, 0.3) is 0 Å². The lowest BCUT2D eigenvalue weighted by molar-refractivity contribution is -0.138. The number of hydrogen-bond donors (Lipinski definition) is 1. The van der Waals surface area contributed by atoms with Crippen molar-refractivity contribution < 1.29 is 14.7 Å². The zero-order chi connectivity index (χ0) is 22.1. The number of carboxylic acids is 1. The molecule has 1 saturated carbocycles. The number of allylic oxidation sites excluding steroid dienone is 1. The maximum atomic E-state index is 12.6. The Hall–Kier alpha value is -1.68. The highest BCUT2D eigenvalue weighted by Crippen LogP contribution is 2.43. The van der Waals surface area contributed by atoms with E-state index < -0.39 is 14.0 Å². The van der Waals surface area contributed by atoms with Crippen molar-refractivity contribution in [1.29, 1.82) is 0 Å². The maximum Gasteiger partial charge on any atom is 0.303 e. The van der Waals surface area contributed by atoms with Crippen LogP contribution in [0.3, 0.4) is 0 Å². The molecule has 1 aliphatic rings. The average Bonchev–Trinajstić information content (AvgIpc) is 2.66. The molecule has 1 fully saturated rings. The molecule has 1 aromatic rings. The van der Waals surface area contributed by atoms with Crippen molar-refractivity contribution in [2.24, 2.45) is 17.8 Å². The lowest BCUT2D eigenvalue weighted by atomic mass is 9.69. The van der Waals surface area contributed by atoms with Gasteiger partial charge >= 0.3 is 5.97 Å². The number of benzene rings is 1. The van der Waals surface area contributed by atoms with Gasteiger partial charge in [-0.25, -0.2) is 0 Å². The van der Waals surface area contributed by atoms with Gasteiger partial charge in [0, 0.05) is 12.8 Å². The Labute approximate surface area is 184 Å². The number of unbranched alkanes of at least 4 members (excludes halogenated alkanes) is 1. The molecule has 1 aliphatic carbocycles. The molecule has 0 unspecified atom stereocenters. The predicted molar refractivity (Wildman–Crippen MR) is 127 cm³/mol. The zero-order valence-corrected chi connectivity index (χ0v) is 20.3. The Morgan fingerprint density at radius 3 is 2.40 bits per heavy atom. The molecule has 1 aromatic carbocycles. The third-order valence-corrected chi connectivity index (χ3v) is 7.53. The minimum absolute atomic E-state index is 0.149. The Balaban J connectivity index is 1.90. The molecule has 0 saturated heterocycles. The van der Waals surface area contributed by atoms with E-state index in [1.807, 2.05) is 6.07 Å². The fourth-order valence-corrected chi connectivity index (χ4v) is 6.26. The van der Waals surface area contributed by atoms with Gasteiger partial charge in [-0.05, 0) is 61.8 Å². The van der Waals surface area contributed by atoms with Gasteiger partial charge in [-0.15, -0.1) is 0 Å². The first-order valence-corrected chi connectivity index (χ1v) is 15.2. The van der Waals surface area contributed by atoms with E-state index in [1.165, 1.54) is 11.1 Å². The van der Waals surface area contributed by atoms with E-state index in [-0.39, 0.29) is 12.3 Å². The van der Waals surface area contributed by atoms with Crippen LogP contribution in [-0.4, -0.2) is 24.9 Å². The molecule has 0 amide bonds. The van der Waals surface area contributed by atoms with Gasteiger partial charge in [0.2, 0.25) is 0 Å². The molecular formula is C26H40O3Si. The second-order valence-electron chi connectivity index (χ2n) is 10.2. The minimum Gasteiger partial charge on any atom is -0.481 e. The summed E-state index contributed by atoms with van der Waals surface area (Å²) >= 11 is 0. The van der Waals surface area contributed by atoms with Crippen LogP contribution in [0.2, 0.25) is 19.6 Å². The summed E-state index contributed by atoms with van der Waals surface area (Å²) < 4.78 is 0. The molecule has 0 aliphatic heterocycles. The van der Waals surface area contributed by atoms with E-state index >= 15 is 0 Å². The molecule has 0 radical (unpaired) electrons. The van der Waals surface area contributed by atoms with Crippen LogP contribution in [0.15, 0.2) is 41.6 Å². The van der Waals surface area contributed by atoms with E-state index in [2.05, 4.69) is 56.5 Å². The van der Waals surface area contributed by atoms with Crippen LogP contribution in [0.4, 0.5) is 0 Å². The van der Waals surface area contributed by atoms with Crippen molar-refractivity contribution in [2.75, 3.05) is 0 Å². The van der Waals surface area contributed by atoms with Gasteiger partial charge in [-0.2, -0.15) is 0 Å². The van der Waals surface area contributed by atoms with E-state index in [1.54, 1.807) is 0 Å². The highest BCUT2D eigenvalue weighted by atomic mass is 28.3. The van der Waals surface area contributed by atoms with Crippen LogP contribution >= 0.6 is 0 Å². The molecule has 4 heteroatoms. The topological polar surface area (TPSA) is 54.4 Å². The molecule has 30 heavy (non-hydrogen) atoms. The largest absolute Gasteiger partial charge is 0.481 e. The molecule has 0 bridgehead atoms. The number of ketones is 1. The standard InChI is InChI=1S/C26H40O3Si/c1-20-14-15-22(18-26(28)29)25(19-30(2,3)4)24(20)17-16-23(27)13-9-8-12-21-10-6-5-7-11-21/h5-7,10-11,19-20,22,24H,8-9,12-18H2,1-4H3,(H,28,29)/b25-19+/t20-,22+,24+/m1/s1. The number of hydrogen-bond acceptors (Lipinski definition) is 2. The van der Waals surface area contributed by atoms with Gasteiger partial charge in [0.1, 0.15) is 5.78 Å². The number of carbonyl (C=O) groups excluding carboxylic acids is 1. The van der Waals surface area contributed by atoms with Crippen molar-refractivity contribution in [1.82, 2.24) is 0 Å². The van der Waals surface area contributed by atoms with Gasteiger partial charge in [-0.1, -0.05) is 68.2 Å². The predicted octanol–water partition coefficient (Wildman–Crippen LogP) is 6.69. The SMILES string of the molecule is C[C@@H]1CC[C@@H](CC(=O)O)/C(=C\[Si](C)(C)C)[C@H]1CCC(=O)CCCCc1ccccc1. The van der Waals surface area contributed by atoms with E-state index in [4.69, 9.17) is 0 Å². The minimum atomic E-state index is -1.46. The average molecular weight is 429 g/mol. The summed E-state index contributed by atoms with van der Waals surface area (Å²) in [6.07, 6.45) is 7.48. The number of Topliss-reactive ketones (excluding diaryl/α,β-unsaturated/α-hetero) is 1. The molecular weight excluding hydrogens is 388 g/mol. The highest BCUT2D eigenvalue weighted by Gasteiger charge is 2.34. The van der Waals surface area contributed by atoms with Crippen LogP contribution < -0.4 is 0 Å². The zero-order valence-electron chi connectivity index (χ0n) is 19.3.